The maximum absolute atomic E-state index is 6.18. The quantitative estimate of drug-likeness (QED) is 0.860. The molecule has 3 heterocycles. The molecule has 5 nitrogen and oxygen atoms in total. The Morgan fingerprint density at radius 1 is 1.29 bits per heavy atom. The van der Waals surface area contributed by atoms with Crippen molar-refractivity contribution in [1.29, 1.82) is 0 Å². The summed E-state index contributed by atoms with van der Waals surface area (Å²) < 4.78 is 10.9. The van der Waals surface area contributed by atoms with E-state index in [0.29, 0.717) is 29.3 Å². The van der Waals surface area contributed by atoms with Crippen molar-refractivity contribution in [2.24, 2.45) is 0 Å². The van der Waals surface area contributed by atoms with Crippen LogP contribution in [0.25, 0.3) is 11.1 Å². The van der Waals surface area contributed by atoms with E-state index in [1.54, 1.807) is 25.7 Å². The molecule has 3 rings (SSSR count). The molecule has 21 heavy (non-hydrogen) atoms. The molecule has 1 aliphatic rings. The molecule has 1 atom stereocenters. The molecule has 1 N–H and O–H groups in total. The number of nitrogens with one attached hydrogen (secondary N) is 1. The molecule has 0 aromatic carbocycles. The molecule has 1 saturated heterocycles. The molecule has 0 aliphatic carbocycles. The standard InChI is InChI=1S/C15H16ClN3O2/c1-20-12-4-10(6-17-7-12)14-5-13(8-19-15(14)16)21-9-11-2-3-18-11/h4-8,11,18H,2-3,9H2,1H3/t11-/m0/s1/i1-1. The second-order valence-corrected chi connectivity index (χ2v) is 5.23. The lowest BCUT2D eigenvalue weighted by Crippen LogP contribution is -2.46. The second kappa shape index (κ2) is 6.28. The summed E-state index contributed by atoms with van der Waals surface area (Å²) in [6.45, 7) is 1.70. The van der Waals surface area contributed by atoms with E-state index in [2.05, 4.69) is 15.3 Å². The highest BCUT2D eigenvalue weighted by atomic mass is 35.5. The lowest BCUT2D eigenvalue weighted by molar-refractivity contribution is 0.217. The number of methoxy groups -OCH3 is 1. The minimum atomic E-state index is 0.416. The third-order valence-corrected chi connectivity index (χ3v) is 3.75. The maximum Gasteiger partial charge on any atom is 0.138 e. The van der Waals surface area contributed by atoms with E-state index < -0.39 is 0 Å². The summed E-state index contributed by atoms with van der Waals surface area (Å²) in [6.07, 6.45) is 6.15. The van der Waals surface area contributed by atoms with Gasteiger partial charge in [0.1, 0.15) is 23.3 Å². The van der Waals surface area contributed by atoms with Gasteiger partial charge in [-0.1, -0.05) is 11.6 Å². The molecule has 0 unspecified atom stereocenters. The van der Waals surface area contributed by atoms with Gasteiger partial charge in [0.05, 0.1) is 19.5 Å². The minimum Gasteiger partial charge on any atom is -0.495 e. The fourth-order valence-corrected chi connectivity index (χ4v) is 2.29. The Morgan fingerprint density at radius 3 is 2.86 bits per heavy atom. The topological polar surface area (TPSA) is 56.3 Å². The summed E-state index contributed by atoms with van der Waals surface area (Å²) in [5.41, 5.74) is 1.63. The molecule has 0 bridgehead atoms. The summed E-state index contributed by atoms with van der Waals surface area (Å²) in [5.74, 6) is 1.37. The number of hydrogen-bond acceptors (Lipinski definition) is 5. The van der Waals surface area contributed by atoms with Gasteiger partial charge in [-0.3, -0.25) is 4.98 Å². The van der Waals surface area contributed by atoms with Crippen LogP contribution < -0.4 is 14.8 Å². The molecule has 1 aliphatic heterocycles. The van der Waals surface area contributed by atoms with Crippen LogP contribution in [-0.4, -0.2) is 36.3 Å². The van der Waals surface area contributed by atoms with E-state index in [9.17, 15) is 0 Å². The van der Waals surface area contributed by atoms with Crippen LogP contribution in [0, 0.1) is 0 Å². The normalized spacial score (nSPS) is 17.1. The molecule has 110 valence electrons. The number of rotatable bonds is 5. The molecule has 1 fully saturated rings. The van der Waals surface area contributed by atoms with Gasteiger partial charge in [0.25, 0.3) is 0 Å². The summed E-state index contributed by atoms with van der Waals surface area (Å²) in [5, 5.41) is 3.71. The molecule has 2 aromatic heterocycles. The van der Waals surface area contributed by atoms with Crippen molar-refractivity contribution >= 4 is 11.6 Å². The molecule has 0 amide bonds. The van der Waals surface area contributed by atoms with Gasteiger partial charge in [0, 0.05) is 23.4 Å². The van der Waals surface area contributed by atoms with Crippen molar-refractivity contribution < 1.29 is 9.47 Å². The van der Waals surface area contributed by atoms with E-state index >= 15 is 0 Å². The maximum atomic E-state index is 6.18. The van der Waals surface area contributed by atoms with Gasteiger partial charge in [-0.15, -0.1) is 0 Å². The van der Waals surface area contributed by atoms with Crippen LogP contribution in [0.15, 0.2) is 30.7 Å². The zero-order valence-corrected chi connectivity index (χ0v) is 12.4. The fourth-order valence-electron chi connectivity index (χ4n) is 2.08. The average molecular weight is 305 g/mol. The highest BCUT2D eigenvalue weighted by Crippen LogP contribution is 2.31. The zero-order valence-electron chi connectivity index (χ0n) is 11.7. The summed E-state index contributed by atoms with van der Waals surface area (Å²) >= 11 is 6.18. The Labute approximate surface area is 128 Å². The lowest BCUT2D eigenvalue weighted by atomic mass is 10.1. The van der Waals surface area contributed by atoms with Gasteiger partial charge in [-0.25, -0.2) is 4.98 Å². The molecular weight excluding hydrogens is 289 g/mol. The molecule has 0 radical (unpaired) electrons. The van der Waals surface area contributed by atoms with Crippen molar-refractivity contribution in [3.63, 3.8) is 0 Å². The zero-order chi connectivity index (χ0) is 14.7. The Morgan fingerprint density at radius 2 is 2.14 bits per heavy atom. The van der Waals surface area contributed by atoms with Crippen LogP contribution in [0.2, 0.25) is 5.15 Å². The van der Waals surface area contributed by atoms with Crippen molar-refractivity contribution in [2.45, 2.75) is 12.5 Å². The number of halogens is 1. The van der Waals surface area contributed by atoms with Crippen LogP contribution in [0.5, 0.6) is 11.5 Å². The van der Waals surface area contributed by atoms with Gasteiger partial charge >= 0.3 is 0 Å². The predicted octanol–water partition coefficient (Wildman–Crippen LogP) is 2.55. The van der Waals surface area contributed by atoms with Gasteiger partial charge in [-0.05, 0) is 25.1 Å². The third-order valence-electron chi connectivity index (χ3n) is 3.45. The first-order valence-corrected chi connectivity index (χ1v) is 7.15. The number of ether oxygens (including phenoxy) is 2. The molecular formula is C15H16ClN3O2. The SMILES string of the molecule is [11CH3]Oc1cncc(-c2cc(OC[C@@H]3CCN3)cnc2Cl)c1. The van der Waals surface area contributed by atoms with Crippen molar-refractivity contribution in [3.05, 3.63) is 35.9 Å². The van der Waals surface area contributed by atoms with Crippen LogP contribution in [0.1, 0.15) is 6.42 Å². The van der Waals surface area contributed by atoms with Gasteiger partial charge in [0.15, 0.2) is 0 Å². The van der Waals surface area contributed by atoms with Crippen LogP contribution >= 0.6 is 11.6 Å². The van der Waals surface area contributed by atoms with Crippen LogP contribution in [0.3, 0.4) is 0 Å². The summed E-state index contributed by atoms with van der Waals surface area (Å²) in [6, 6.07) is 4.18. The Kier molecular flexibility index (Phi) is 4.22. The molecule has 2 aromatic rings. The lowest BCUT2D eigenvalue weighted by Gasteiger charge is -2.27. The first kappa shape index (κ1) is 14.1. The number of nitrogens with zero attached hydrogens (tertiary/aromatic N) is 2. The largest absolute Gasteiger partial charge is 0.495 e. The van der Waals surface area contributed by atoms with E-state index in [4.69, 9.17) is 21.1 Å². The van der Waals surface area contributed by atoms with Gasteiger partial charge < -0.3 is 14.8 Å². The minimum absolute atomic E-state index is 0.416. The van der Waals surface area contributed by atoms with Crippen LogP contribution in [0.4, 0.5) is 0 Å². The van der Waals surface area contributed by atoms with E-state index in [-0.39, 0.29) is 0 Å². The smallest absolute Gasteiger partial charge is 0.138 e. The highest BCUT2D eigenvalue weighted by Gasteiger charge is 2.17. The number of hydrogen-bond donors (Lipinski definition) is 1. The summed E-state index contributed by atoms with van der Waals surface area (Å²) in [7, 11) is 1.60. The summed E-state index contributed by atoms with van der Waals surface area (Å²) in [4.78, 5) is 8.32. The molecule has 6 heteroatoms. The molecule has 0 saturated carbocycles. The number of pyridine rings is 2. The highest BCUT2D eigenvalue weighted by molar-refractivity contribution is 6.32. The Bertz CT molecular complexity index is 632. The van der Waals surface area contributed by atoms with E-state index in [1.807, 2.05) is 12.1 Å². The fraction of sp³-hybridized carbons (Fsp3) is 0.333. The first-order valence-electron chi connectivity index (χ1n) is 6.77. The van der Waals surface area contributed by atoms with Gasteiger partial charge in [0.2, 0.25) is 0 Å². The van der Waals surface area contributed by atoms with Gasteiger partial charge in [-0.2, -0.15) is 0 Å². The monoisotopic (exact) mass is 304 g/mol. The average Bonchev–Trinajstić information content (AvgIpc) is 2.47. The van der Waals surface area contributed by atoms with E-state index in [0.717, 1.165) is 24.1 Å². The van der Waals surface area contributed by atoms with Crippen molar-refractivity contribution in [1.82, 2.24) is 15.3 Å². The van der Waals surface area contributed by atoms with Crippen LogP contribution in [-0.2, 0) is 0 Å². The third kappa shape index (κ3) is 3.25. The Hall–Kier alpha value is -1.85. The predicted molar refractivity (Wildman–Crippen MR) is 80.9 cm³/mol. The van der Waals surface area contributed by atoms with Crippen molar-refractivity contribution in [2.75, 3.05) is 20.3 Å². The van der Waals surface area contributed by atoms with E-state index in [1.165, 1.54) is 0 Å². The Balaban J connectivity index is 1.82. The molecule has 0 spiro atoms. The number of aromatic nitrogens is 2. The van der Waals surface area contributed by atoms with Crippen molar-refractivity contribution in [3.8, 4) is 22.6 Å². The first-order chi connectivity index (χ1) is 10.3. The second-order valence-electron chi connectivity index (χ2n) is 4.87.